The van der Waals surface area contributed by atoms with Crippen molar-refractivity contribution in [2.75, 3.05) is 4.90 Å². The van der Waals surface area contributed by atoms with Crippen LogP contribution in [0.4, 0.5) is 17.1 Å². The molecule has 0 fully saturated rings. The Labute approximate surface area is 368 Å². The number of ether oxygens (including phenoxy) is 1. The zero-order chi connectivity index (χ0) is 41.7. The molecule has 10 aromatic carbocycles. The Morgan fingerprint density at radius 1 is 0.302 bits per heavy atom. The number of hydrogen-bond acceptors (Lipinski definition) is 2. The third kappa shape index (κ3) is 5.95. The molecule has 0 atom stereocenters. The van der Waals surface area contributed by atoms with E-state index in [1.54, 1.807) is 0 Å². The predicted octanol–water partition coefficient (Wildman–Crippen LogP) is 16.3. The van der Waals surface area contributed by atoms with Crippen LogP contribution in [0.3, 0.4) is 0 Å². The maximum atomic E-state index is 7.38. The van der Waals surface area contributed by atoms with Gasteiger partial charge in [0.25, 0.3) is 0 Å². The average molecular weight is 804 g/mol. The number of rotatable bonds is 7. The minimum atomic E-state index is -0.552. The van der Waals surface area contributed by atoms with Crippen molar-refractivity contribution in [2.45, 2.75) is 5.41 Å². The fourth-order valence-electron chi connectivity index (χ4n) is 10.2. The number of benzene rings is 10. The van der Waals surface area contributed by atoms with E-state index in [1.165, 1.54) is 38.9 Å². The first-order valence-corrected chi connectivity index (χ1v) is 21.7. The Balaban J connectivity index is 1.11. The summed E-state index contributed by atoms with van der Waals surface area (Å²) < 4.78 is 7.38. The van der Waals surface area contributed by atoms with E-state index in [0.29, 0.717) is 0 Å². The highest BCUT2D eigenvalue weighted by Crippen LogP contribution is 2.58. The molecule has 10 aromatic rings. The summed E-state index contributed by atoms with van der Waals surface area (Å²) in [6, 6.07) is 90.1. The molecule has 2 aliphatic rings. The summed E-state index contributed by atoms with van der Waals surface area (Å²) in [6.45, 7) is 0. The zero-order valence-corrected chi connectivity index (χ0v) is 34.5. The van der Waals surface area contributed by atoms with Gasteiger partial charge in [-0.05, 0) is 109 Å². The van der Waals surface area contributed by atoms with E-state index in [0.717, 1.165) is 67.5 Å². The third-order valence-electron chi connectivity index (χ3n) is 13.0. The van der Waals surface area contributed by atoms with Gasteiger partial charge in [-0.15, -0.1) is 0 Å². The van der Waals surface area contributed by atoms with E-state index < -0.39 is 5.41 Å². The smallest absolute Gasteiger partial charge is 0.159 e. The Morgan fingerprint density at radius 3 is 1.44 bits per heavy atom. The quantitative estimate of drug-likeness (QED) is 0.159. The summed E-state index contributed by atoms with van der Waals surface area (Å²) in [5, 5.41) is 0. The molecule has 0 unspecified atom stereocenters. The molecule has 1 aliphatic heterocycles. The Morgan fingerprint density at radius 2 is 0.778 bits per heavy atom. The molecule has 1 heterocycles. The molecule has 0 radical (unpaired) electrons. The van der Waals surface area contributed by atoms with Crippen molar-refractivity contribution in [1.82, 2.24) is 0 Å². The molecule has 296 valence electrons. The van der Waals surface area contributed by atoms with Crippen LogP contribution in [-0.4, -0.2) is 0 Å². The average Bonchev–Trinajstić information content (AvgIpc) is 3.57. The second-order valence-electron chi connectivity index (χ2n) is 16.4. The standard InChI is InChI=1S/C61H41NO/c1-5-18-42(19-6-1)44-32-35-48(36-33-44)62(49-37-39-53-52-28-15-16-30-56(52)61(57(53)41-49,46-22-9-3-10-23-46)47-24-11-4-12-25-47)58-31-17-29-55-51-27-14-13-26-50(51)54-38-34-45(40-59(54)63-60(55)58)43-20-7-2-8-21-43/h1-41H. The Bertz CT molecular complexity index is 3250. The molecule has 63 heavy (non-hydrogen) atoms. The van der Waals surface area contributed by atoms with Crippen LogP contribution in [0.5, 0.6) is 11.5 Å². The van der Waals surface area contributed by atoms with E-state index in [4.69, 9.17) is 4.74 Å². The highest BCUT2D eigenvalue weighted by atomic mass is 16.5. The first-order chi connectivity index (χ1) is 31.3. The molecule has 0 saturated heterocycles. The summed E-state index contributed by atoms with van der Waals surface area (Å²) in [6.07, 6.45) is 0. The molecular formula is C61H41NO. The Hall–Kier alpha value is -8.20. The fraction of sp³-hybridized carbons (Fsp3) is 0.0164. The molecule has 0 saturated carbocycles. The molecular weight excluding hydrogens is 763 g/mol. The fourth-order valence-corrected chi connectivity index (χ4v) is 10.2. The first-order valence-electron chi connectivity index (χ1n) is 21.7. The van der Waals surface area contributed by atoms with Gasteiger partial charge in [0.1, 0.15) is 5.75 Å². The van der Waals surface area contributed by atoms with Crippen molar-refractivity contribution in [2.24, 2.45) is 0 Å². The highest BCUT2D eigenvalue weighted by Gasteiger charge is 2.46. The molecule has 2 nitrogen and oxygen atoms in total. The normalized spacial score (nSPS) is 12.7. The summed E-state index contributed by atoms with van der Waals surface area (Å²) in [5.74, 6) is 1.63. The Kier molecular flexibility index (Phi) is 8.76. The van der Waals surface area contributed by atoms with E-state index in [1.807, 2.05) is 0 Å². The zero-order valence-electron chi connectivity index (χ0n) is 34.5. The van der Waals surface area contributed by atoms with Gasteiger partial charge in [-0.1, -0.05) is 206 Å². The van der Waals surface area contributed by atoms with Crippen molar-refractivity contribution < 1.29 is 4.74 Å². The van der Waals surface area contributed by atoms with E-state index in [2.05, 4.69) is 254 Å². The van der Waals surface area contributed by atoms with Gasteiger partial charge in [0, 0.05) is 22.5 Å². The highest BCUT2D eigenvalue weighted by molar-refractivity contribution is 5.97. The van der Waals surface area contributed by atoms with E-state index in [9.17, 15) is 0 Å². The molecule has 2 heteroatoms. The lowest BCUT2D eigenvalue weighted by molar-refractivity contribution is 0.489. The number of fused-ring (bicyclic) bond motifs is 8. The van der Waals surface area contributed by atoms with Crippen molar-refractivity contribution in [1.29, 1.82) is 0 Å². The molecule has 12 rings (SSSR count). The molecule has 0 N–H and O–H groups in total. The van der Waals surface area contributed by atoms with Gasteiger partial charge < -0.3 is 9.64 Å². The topological polar surface area (TPSA) is 12.5 Å². The van der Waals surface area contributed by atoms with Crippen LogP contribution in [0.25, 0.3) is 55.6 Å². The van der Waals surface area contributed by atoms with Crippen LogP contribution >= 0.6 is 0 Å². The lowest BCUT2D eigenvalue weighted by Gasteiger charge is -2.35. The van der Waals surface area contributed by atoms with Gasteiger partial charge in [-0.3, -0.25) is 0 Å². The van der Waals surface area contributed by atoms with Crippen LogP contribution < -0.4 is 9.64 Å². The van der Waals surface area contributed by atoms with E-state index in [-0.39, 0.29) is 0 Å². The SMILES string of the molecule is c1ccc(-c2ccc(N(c3ccc4c(c3)C(c3ccccc3)(c3ccccc3)c3ccccc3-4)c3cccc4c3Oc3cc(-c5ccccc5)ccc3-c3ccccc3-4)cc2)cc1. The van der Waals surface area contributed by atoms with Crippen molar-refractivity contribution in [3.8, 4) is 67.1 Å². The van der Waals surface area contributed by atoms with Gasteiger partial charge in [0.15, 0.2) is 5.75 Å². The van der Waals surface area contributed by atoms with E-state index >= 15 is 0 Å². The van der Waals surface area contributed by atoms with Gasteiger partial charge >= 0.3 is 0 Å². The molecule has 0 aromatic heterocycles. The van der Waals surface area contributed by atoms with Gasteiger partial charge in [0.05, 0.1) is 11.1 Å². The van der Waals surface area contributed by atoms with Gasteiger partial charge in [-0.25, -0.2) is 0 Å². The minimum Gasteiger partial charge on any atom is -0.454 e. The maximum Gasteiger partial charge on any atom is 0.159 e. The van der Waals surface area contributed by atoms with Crippen LogP contribution in [0, 0.1) is 0 Å². The van der Waals surface area contributed by atoms with Crippen molar-refractivity contribution >= 4 is 17.1 Å². The second kappa shape index (κ2) is 15.1. The largest absolute Gasteiger partial charge is 0.454 e. The van der Waals surface area contributed by atoms with Crippen molar-refractivity contribution in [3.63, 3.8) is 0 Å². The molecule has 0 spiro atoms. The first kappa shape index (κ1) is 36.6. The summed E-state index contributed by atoms with van der Waals surface area (Å²) in [5.41, 5.74) is 19.0. The number of para-hydroxylation sites is 1. The second-order valence-corrected chi connectivity index (χ2v) is 16.4. The maximum absolute atomic E-state index is 7.38. The monoisotopic (exact) mass is 803 g/mol. The number of hydrogen-bond donors (Lipinski definition) is 0. The summed E-state index contributed by atoms with van der Waals surface area (Å²) >= 11 is 0. The van der Waals surface area contributed by atoms with Gasteiger partial charge in [-0.2, -0.15) is 0 Å². The number of nitrogens with zero attached hydrogens (tertiary/aromatic N) is 1. The lowest BCUT2D eigenvalue weighted by atomic mass is 9.67. The van der Waals surface area contributed by atoms with Gasteiger partial charge in [0.2, 0.25) is 0 Å². The number of anilines is 3. The van der Waals surface area contributed by atoms with Crippen LogP contribution in [0.1, 0.15) is 22.3 Å². The summed E-state index contributed by atoms with van der Waals surface area (Å²) in [4.78, 5) is 2.40. The predicted molar refractivity (Wildman–Crippen MR) is 260 cm³/mol. The lowest BCUT2D eigenvalue weighted by Crippen LogP contribution is -2.28. The van der Waals surface area contributed by atoms with Crippen LogP contribution in [0.15, 0.2) is 249 Å². The molecule has 1 aliphatic carbocycles. The van der Waals surface area contributed by atoms with Crippen LogP contribution in [0.2, 0.25) is 0 Å². The van der Waals surface area contributed by atoms with Crippen LogP contribution in [-0.2, 0) is 5.41 Å². The molecule has 0 amide bonds. The van der Waals surface area contributed by atoms with Crippen molar-refractivity contribution in [3.05, 3.63) is 271 Å². The molecule has 0 bridgehead atoms. The summed E-state index contributed by atoms with van der Waals surface area (Å²) in [7, 11) is 0. The third-order valence-corrected chi connectivity index (χ3v) is 13.0. The minimum absolute atomic E-state index is 0.552.